The number of rotatable bonds is 4. The second-order valence-electron chi connectivity index (χ2n) is 5.29. The summed E-state index contributed by atoms with van der Waals surface area (Å²) in [7, 11) is 0. The van der Waals surface area contributed by atoms with Crippen molar-refractivity contribution in [3.63, 3.8) is 0 Å². The zero-order chi connectivity index (χ0) is 15.2. The Balaban J connectivity index is 2.09. The summed E-state index contributed by atoms with van der Waals surface area (Å²) in [4.78, 5) is 12.0. The van der Waals surface area contributed by atoms with Crippen molar-refractivity contribution in [2.75, 3.05) is 0 Å². The molecular weight excluding hydrogens is 260 g/mol. The number of hydrogen-bond acceptors (Lipinski definition) is 2. The van der Waals surface area contributed by atoms with Crippen LogP contribution in [0.15, 0.2) is 59.7 Å². The van der Waals surface area contributed by atoms with Crippen molar-refractivity contribution in [3.05, 3.63) is 60.2 Å². The van der Waals surface area contributed by atoms with Crippen LogP contribution in [0.5, 0.6) is 0 Å². The van der Waals surface area contributed by atoms with Crippen LogP contribution in [0.1, 0.15) is 31.1 Å². The first-order chi connectivity index (χ1) is 10.1. The second-order valence-corrected chi connectivity index (χ2v) is 5.29. The van der Waals surface area contributed by atoms with E-state index in [9.17, 15) is 4.79 Å². The lowest BCUT2D eigenvalue weighted by Crippen LogP contribution is -2.20. The summed E-state index contributed by atoms with van der Waals surface area (Å²) in [5.74, 6) is 0.139. The fourth-order valence-electron chi connectivity index (χ4n) is 1.78. The highest BCUT2D eigenvalue weighted by atomic mass is 16.2. The maximum Gasteiger partial charge on any atom is 0.271 e. The minimum absolute atomic E-state index is 0.186. The Bertz CT molecular complexity index is 628. The van der Waals surface area contributed by atoms with E-state index in [1.54, 1.807) is 0 Å². The normalized spacial score (nSPS) is 11.5. The van der Waals surface area contributed by atoms with Crippen molar-refractivity contribution in [1.82, 2.24) is 5.43 Å². The highest BCUT2D eigenvalue weighted by Gasteiger charge is 2.06. The van der Waals surface area contributed by atoms with E-state index in [1.807, 2.05) is 75.4 Å². The Hall–Kier alpha value is -2.42. The molecule has 0 aliphatic carbocycles. The summed E-state index contributed by atoms with van der Waals surface area (Å²) in [6.45, 7) is 5.99. The molecular formula is C18H20N2O. The molecule has 0 aromatic heterocycles. The molecule has 0 atom stereocenters. The Morgan fingerprint density at radius 3 is 2.10 bits per heavy atom. The van der Waals surface area contributed by atoms with Gasteiger partial charge in [0, 0.05) is 11.3 Å². The molecule has 0 aliphatic heterocycles. The Labute approximate surface area is 125 Å². The number of nitrogens with one attached hydrogen (secondary N) is 1. The first-order valence-electron chi connectivity index (χ1n) is 7.08. The maximum absolute atomic E-state index is 12.0. The SMILES string of the molecule is CC(=NNC(=O)c1ccc(-c2ccccc2)cc1)C(C)C. The number of amides is 1. The van der Waals surface area contributed by atoms with Gasteiger partial charge in [-0.1, -0.05) is 56.3 Å². The molecule has 3 nitrogen and oxygen atoms in total. The van der Waals surface area contributed by atoms with Crippen LogP contribution in [0.25, 0.3) is 11.1 Å². The van der Waals surface area contributed by atoms with E-state index in [0.717, 1.165) is 16.8 Å². The van der Waals surface area contributed by atoms with Crippen molar-refractivity contribution in [2.45, 2.75) is 20.8 Å². The van der Waals surface area contributed by atoms with Gasteiger partial charge < -0.3 is 0 Å². The molecule has 2 rings (SSSR count). The van der Waals surface area contributed by atoms with Crippen LogP contribution in [0.2, 0.25) is 0 Å². The number of nitrogens with zero attached hydrogens (tertiary/aromatic N) is 1. The predicted octanol–water partition coefficient (Wildman–Crippen LogP) is 4.12. The summed E-state index contributed by atoms with van der Waals surface area (Å²) < 4.78 is 0. The van der Waals surface area contributed by atoms with E-state index in [0.29, 0.717) is 11.5 Å². The van der Waals surface area contributed by atoms with Crippen LogP contribution in [-0.2, 0) is 0 Å². The van der Waals surface area contributed by atoms with Crippen molar-refractivity contribution in [2.24, 2.45) is 11.0 Å². The number of carbonyl (C=O) groups excluding carboxylic acids is 1. The van der Waals surface area contributed by atoms with Gasteiger partial charge in [-0.05, 0) is 36.1 Å². The lowest BCUT2D eigenvalue weighted by molar-refractivity contribution is 0.0954. The number of hydrazone groups is 1. The minimum atomic E-state index is -0.186. The summed E-state index contributed by atoms with van der Waals surface area (Å²) in [5, 5.41) is 4.10. The Morgan fingerprint density at radius 2 is 1.52 bits per heavy atom. The monoisotopic (exact) mass is 280 g/mol. The van der Waals surface area contributed by atoms with Crippen LogP contribution in [0.3, 0.4) is 0 Å². The lowest BCUT2D eigenvalue weighted by Gasteiger charge is -2.06. The molecule has 3 heteroatoms. The summed E-state index contributed by atoms with van der Waals surface area (Å²) in [6.07, 6.45) is 0. The zero-order valence-electron chi connectivity index (χ0n) is 12.6. The topological polar surface area (TPSA) is 41.5 Å². The van der Waals surface area contributed by atoms with Crippen molar-refractivity contribution in [3.8, 4) is 11.1 Å². The van der Waals surface area contributed by atoms with Crippen LogP contribution < -0.4 is 5.43 Å². The quantitative estimate of drug-likeness (QED) is 0.664. The molecule has 0 unspecified atom stereocenters. The Kier molecular flexibility index (Phi) is 4.88. The van der Waals surface area contributed by atoms with Gasteiger partial charge in [0.15, 0.2) is 0 Å². The van der Waals surface area contributed by atoms with Crippen molar-refractivity contribution in [1.29, 1.82) is 0 Å². The smallest absolute Gasteiger partial charge is 0.267 e. The minimum Gasteiger partial charge on any atom is -0.267 e. The molecule has 0 saturated carbocycles. The van der Waals surface area contributed by atoms with Gasteiger partial charge in [0.1, 0.15) is 0 Å². The molecule has 0 bridgehead atoms. The molecule has 108 valence electrons. The Morgan fingerprint density at radius 1 is 0.952 bits per heavy atom. The first-order valence-corrected chi connectivity index (χ1v) is 7.08. The second kappa shape index (κ2) is 6.84. The highest BCUT2D eigenvalue weighted by Crippen LogP contribution is 2.19. The molecule has 1 amide bonds. The van der Waals surface area contributed by atoms with E-state index < -0.39 is 0 Å². The van der Waals surface area contributed by atoms with Gasteiger partial charge in [-0.2, -0.15) is 5.10 Å². The van der Waals surface area contributed by atoms with E-state index >= 15 is 0 Å². The largest absolute Gasteiger partial charge is 0.271 e. The number of carbonyl (C=O) groups is 1. The summed E-state index contributed by atoms with van der Waals surface area (Å²) >= 11 is 0. The average Bonchev–Trinajstić information content (AvgIpc) is 2.53. The molecule has 0 radical (unpaired) electrons. The average molecular weight is 280 g/mol. The molecule has 2 aromatic carbocycles. The summed E-state index contributed by atoms with van der Waals surface area (Å²) in [5.41, 5.74) is 6.33. The van der Waals surface area contributed by atoms with Crippen LogP contribution in [0, 0.1) is 5.92 Å². The molecule has 0 aliphatic rings. The third kappa shape index (κ3) is 4.02. The first kappa shape index (κ1) is 15.0. The zero-order valence-corrected chi connectivity index (χ0v) is 12.6. The molecule has 1 N–H and O–H groups in total. The van der Waals surface area contributed by atoms with E-state index in [4.69, 9.17) is 0 Å². The van der Waals surface area contributed by atoms with Gasteiger partial charge in [-0.15, -0.1) is 0 Å². The van der Waals surface area contributed by atoms with E-state index in [-0.39, 0.29) is 5.91 Å². The summed E-state index contributed by atoms with van der Waals surface area (Å²) in [6, 6.07) is 17.6. The standard InChI is InChI=1S/C18H20N2O/c1-13(2)14(3)19-20-18(21)17-11-9-16(10-12-17)15-7-5-4-6-8-15/h4-13H,1-3H3,(H,20,21). The van der Waals surface area contributed by atoms with Crippen LogP contribution >= 0.6 is 0 Å². The fraction of sp³-hybridized carbons (Fsp3) is 0.222. The molecule has 2 aromatic rings. The van der Waals surface area contributed by atoms with Gasteiger partial charge in [0.2, 0.25) is 0 Å². The molecule has 21 heavy (non-hydrogen) atoms. The van der Waals surface area contributed by atoms with Gasteiger partial charge in [-0.25, -0.2) is 5.43 Å². The molecule has 0 fully saturated rings. The van der Waals surface area contributed by atoms with Crippen molar-refractivity contribution >= 4 is 11.6 Å². The molecule has 0 heterocycles. The maximum atomic E-state index is 12.0. The van der Waals surface area contributed by atoms with Gasteiger partial charge in [0.05, 0.1) is 0 Å². The lowest BCUT2D eigenvalue weighted by atomic mass is 10.0. The fourth-order valence-corrected chi connectivity index (χ4v) is 1.78. The number of benzene rings is 2. The number of hydrogen-bond donors (Lipinski definition) is 1. The predicted molar refractivity (Wildman–Crippen MR) is 87.3 cm³/mol. The van der Waals surface area contributed by atoms with Gasteiger partial charge in [-0.3, -0.25) is 4.79 Å². The van der Waals surface area contributed by atoms with Gasteiger partial charge in [0.25, 0.3) is 5.91 Å². The van der Waals surface area contributed by atoms with Crippen LogP contribution in [0.4, 0.5) is 0 Å². The molecule has 0 saturated heterocycles. The highest BCUT2D eigenvalue weighted by molar-refractivity contribution is 5.95. The van der Waals surface area contributed by atoms with Crippen molar-refractivity contribution < 1.29 is 4.79 Å². The third-order valence-electron chi connectivity index (χ3n) is 3.42. The van der Waals surface area contributed by atoms with Crippen LogP contribution in [-0.4, -0.2) is 11.6 Å². The molecule has 0 spiro atoms. The van der Waals surface area contributed by atoms with E-state index in [2.05, 4.69) is 10.5 Å². The van der Waals surface area contributed by atoms with Gasteiger partial charge >= 0.3 is 0 Å². The third-order valence-corrected chi connectivity index (χ3v) is 3.42. The van der Waals surface area contributed by atoms with E-state index in [1.165, 1.54) is 0 Å².